The molecule has 0 N–H and O–H groups in total. The molecular formula is C19H22O6. The highest BCUT2D eigenvalue weighted by Gasteiger charge is 2.62. The van der Waals surface area contributed by atoms with Crippen LogP contribution >= 0.6 is 0 Å². The van der Waals surface area contributed by atoms with Gasteiger partial charge in [0, 0.05) is 6.42 Å². The van der Waals surface area contributed by atoms with Gasteiger partial charge in [-0.25, -0.2) is 4.79 Å². The number of hydrogen-bond acceptors (Lipinski definition) is 6. The molecule has 2 fully saturated rings. The topological polar surface area (TPSA) is 71.1 Å². The Morgan fingerprint density at radius 3 is 2.60 bits per heavy atom. The molecule has 25 heavy (non-hydrogen) atoms. The van der Waals surface area contributed by atoms with Crippen molar-refractivity contribution in [3.05, 3.63) is 48.6 Å². The van der Waals surface area contributed by atoms with Gasteiger partial charge in [-0.1, -0.05) is 36.4 Å². The van der Waals surface area contributed by atoms with Gasteiger partial charge in [-0.3, -0.25) is 4.79 Å². The van der Waals surface area contributed by atoms with Gasteiger partial charge in [-0.05, 0) is 19.4 Å². The fraction of sp³-hybridized carbons (Fsp3) is 0.474. The van der Waals surface area contributed by atoms with Crippen molar-refractivity contribution in [2.75, 3.05) is 6.61 Å². The predicted octanol–water partition coefficient (Wildman–Crippen LogP) is 2.16. The molecule has 2 aliphatic heterocycles. The van der Waals surface area contributed by atoms with Gasteiger partial charge in [-0.15, -0.1) is 6.58 Å². The van der Waals surface area contributed by atoms with E-state index in [1.807, 2.05) is 30.3 Å². The Balaban J connectivity index is 1.87. The zero-order valence-corrected chi connectivity index (χ0v) is 14.4. The lowest BCUT2D eigenvalue weighted by atomic mass is 9.87. The zero-order chi connectivity index (χ0) is 18.1. The number of ether oxygens (including phenoxy) is 4. The summed E-state index contributed by atoms with van der Waals surface area (Å²) in [6.45, 7) is 7.63. The van der Waals surface area contributed by atoms with Gasteiger partial charge in [0.15, 0.2) is 17.5 Å². The van der Waals surface area contributed by atoms with Crippen molar-refractivity contribution in [1.82, 2.24) is 0 Å². The zero-order valence-electron chi connectivity index (χ0n) is 14.4. The maximum Gasteiger partial charge on any atom is 0.378 e. The number of benzene rings is 1. The first-order chi connectivity index (χ1) is 11.9. The molecule has 0 amide bonds. The standard InChI is InChI=1S/C19H22O6/c1-4-10-19(23-11-13-8-6-5-7-9-13)15(20)17(21)24-16(19)14-12-22-18(2,3)25-14/h4-9,14,16H,1,10-12H2,2-3H3/t14-,16+,19+/m0/s1. The molecule has 0 aromatic heterocycles. The van der Waals surface area contributed by atoms with Gasteiger partial charge >= 0.3 is 5.97 Å². The number of ketones is 1. The summed E-state index contributed by atoms with van der Waals surface area (Å²) in [7, 11) is 0. The van der Waals surface area contributed by atoms with Crippen LogP contribution in [0.2, 0.25) is 0 Å². The largest absolute Gasteiger partial charge is 0.450 e. The molecule has 0 saturated carbocycles. The third-order valence-electron chi connectivity index (χ3n) is 4.42. The summed E-state index contributed by atoms with van der Waals surface area (Å²) < 4.78 is 22.7. The number of rotatable bonds is 6. The molecule has 2 aliphatic rings. The second-order valence-electron chi connectivity index (χ2n) is 6.68. The highest BCUT2D eigenvalue weighted by molar-refractivity contribution is 6.39. The fourth-order valence-corrected chi connectivity index (χ4v) is 3.22. The van der Waals surface area contributed by atoms with Crippen LogP contribution in [0.4, 0.5) is 0 Å². The van der Waals surface area contributed by atoms with Crippen LogP contribution in [-0.2, 0) is 35.1 Å². The van der Waals surface area contributed by atoms with Gasteiger partial charge in [-0.2, -0.15) is 0 Å². The predicted molar refractivity (Wildman–Crippen MR) is 88.6 cm³/mol. The maximum atomic E-state index is 12.6. The van der Waals surface area contributed by atoms with Gasteiger partial charge in [0.2, 0.25) is 0 Å². The van der Waals surface area contributed by atoms with Gasteiger partial charge < -0.3 is 18.9 Å². The third kappa shape index (κ3) is 3.38. The Labute approximate surface area is 146 Å². The Bertz CT molecular complexity index is 668. The molecule has 1 aromatic carbocycles. The average molecular weight is 346 g/mol. The summed E-state index contributed by atoms with van der Waals surface area (Å²) >= 11 is 0. The van der Waals surface area contributed by atoms with E-state index in [4.69, 9.17) is 18.9 Å². The molecule has 6 nitrogen and oxygen atoms in total. The van der Waals surface area contributed by atoms with Crippen molar-refractivity contribution in [2.24, 2.45) is 0 Å². The first kappa shape index (κ1) is 17.8. The van der Waals surface area contributed by atoms with Crippen LogP contribution in [0.1, 0.15) is 25.8 Å². The summed E-state index contributed by atoms with van der Waals surface area (Å²) in [6.07, 6.45) is 0.242. The average Bonchev–Trinajstić information content (AvgIpc) is 3.06. The van der Waals surface area contributed by atoms with Crippen LogP contribution in [0.15, 0.2) is 43.0 Å². The van der Waals surface area contributed by atoms with Crippen molar-refractivity contribution in [3.63, 3.8) is 0 Å². The fourth-order valence-electron chi connectivity index (χ4n) is 3.22. The van der Waals surface area contributed by atoms with Gasteiger partial charge in [0.1, 0.15) is 6.10 Å². The quantitative estimate of drug-likeness (QED) is 0.447. The van der Waals surface area contributed by atoms with Crippen LogP contribution in [0, 0.1) is 0 Å². The molecule has 0 radical (unpaired) electrons. The molecule has 1 aromatic rings. The molecule has 3 atom stereocenters. The van der Waals surface area contributed by atoms with Crippen LogP contribution in [0.3, 0.4) is 0 Å². The Morgan fingerprint density at radius 2 is 2.00 bits per heavy atom. The molecule has 0 aliphatic carbocycles. The van der Waals surface area contributed by atoms with E-state index in [0.717, 1.165) is 5.56 Å². The molecule has 2 saturated heterocycles. The SMILES string of the molecule is C=CC[C@@]1(OCc2ccccc2)C(=O)C(=O)O[C@@H]1[C@@H]1COC(C)(C)O1. The lowest BCUT2D eigenvalue weighted by Gasteiger charge is -2.33. The summed E-state index contributed by atoms with van der Waals surface area (Å²) in [5.41, 5.74) is -0.566. The van der Waals surface area contributed by atoms with E-state index in [9.17, 15) is 9.59 Å². The van der Waals surface area contributed by atoms with E-state index in [0.29, 0.717) is 0 Å². The van der Waals surface area contributed by atoms with Crippen molar-refractivity contribution in [1.29, 1.82) is 0 Å². The van der Waals surface area contributed by atoms with E-state index in [1.54, 1.807) is 19.9 Å². The van der Waals surface area contributed by atoms with E-state index >= 15 is 0 Å². The van der Waals surface area contributed by atoms with Crippen LogP contribution < -0.4 is 0 Å². The molecule has 0 unspecified atom stereocenters. The lowest BCUT2D eigenvalue weighted by molar-refractivity contribution is -0.183. The van der Waals surface area contributed by atoms with Crippen LogP contribution in [-0.4, -0.2) is 42.0 Å². The van der Waals surface area contributed by atoms with Crippen molar-refractivity contribution in [2.45, 2.75) is 50.5 Å². The van der Waals surface area contributed by atoms with E-state index in [-0.39, 0.29) is 19.6 Å². The number of hydrogen-bond donors (Lipinski definition) is 0. The summed E-state index contributed by atoms with van der Waals surface area (Å²) in [4.78, 5) is 24.6. The first-order valence-corrected chi connectivity index (χ1v) is 8.24. The third-order valence-corrected chi connectivity index (χ3v) is 4.42. The van der Waals surface area contributed by atoms with Crippen LogP contribution in [0.5, 0.6) is 0 Å². The minimum Gasteiger partial charge on any atom is -0.450 e. The van der Waals surface area contributed by atoms with Gasteiger partial charge in [0.05, 0.1) is 13.2 Å². The molecule has 3 rings (SSSR count). The summed E-state index contributed by atoms with van der Waals surface area (Å²) in [5.74, 6) is -2.42. The number of cyclic esters (lactones) is 1. The van der Waals surface area contributed by atoms with E-state index in [2.05, 4.69) is 6.58 Å². The van der Waals surface area contributed by atoms with E-state index < -0.39 is 35.3 Å². The lowest BCUT2D eigenvalue weighted by Crippen LogP contribution is -2.52. The van der Waals surface area contributed by atoms with E-state index in [1.165, 1.54) is 0 Å². The number of Topliss-reactive ketones (excluding diaryl/α,β-unsaturated/α-hetero) is 1. The molecule has 2 heterocycles. The number of carbonyl (C=O) groups excluding carboxylic acids is 2. The summed E-state index contributed by atoms with van der Waals surface area (Å²) in [5, 5.41) is 0. The number of carbonyl (C=O) groups is 2. The highest BCUT2D eigenvalue weighted by Crippen LogP contribution is 2.39. The number of esters is 1. The Kier molecular flexibility index (Phi) is 4.77. The second-order valence-corrected chi connectivity index (χ2v) is 6.68. The second kappa shape index (κ2) is 6.71. The normalized spacial score (nSPS) is 31.1. The molecular weight excluding hydrogens is 324 g/mol. The molecule has 0 bridgehead atoms. The van der Waals surface area contributed by atoms with Gasteiger partial charge in [0.25, 0.3) is 5.78 Å². The highest BCUT2D eigenvalue weighted by atomic mass is 16.8. The molecule has 0 spiro atoms. The van der Waals surface area contributed by atoms with Crippen molar-refractivity contribution in [3.8, 4) is 0 Å². The monoisotopic (exact) mass is 346 g/mol. The first-order valence-electron chi connectivity index (χ1n) is 8.24. The van der Waals surface area contributed by atoms with Crippen LogP contribution in [0.25, 0.3) is 0 Å². The molecule has 134 valence electrons. The Morgan fingerprint density at radius 1 is 1.28 bits per heavy atom. The maximum absolute atomic E-state index is 12.6. The summed E-state index contributed by atoms with van der Waals surface area (Å²) in [6, 6.07) is 9.43. The minimum atomic E-state index is -1.46. The molecule has 6 heteroatoms. The van der Waals surface area contributed by atoms with Crippen molar-refractivity contribution < 1.29 is 28.5 Å². The Hall–Kier alpha value is -2.02. The minimum absolute atomic E-state index is 0.148. The van der Waals surface area contributed by atoms with Crippen molar-refractivity contribution >= 4 is 11.8 Å². The smallest absolute Gasteiger partial charge is 0.378 e.